The molecule has 0 N–H and O–H groups in total. The lowest BCUT2D eigenvalue weighted by Gasteiger charge is -2.18. The van der Waals surface area contributed by atoms with Gasteiger partial charge in [0.15, 0.2) is 0 Å². The van der Waals surface area contributed by atoms with Crippen molar-refractivity contribution < 1.29 is 9.59 Å². The third-order valence-corrected chi connectivity index (χ3v) is 3.62. The van der Waals surface area contributed by atoms with Crippen LogP contribution in [0.15, 0.2) is 16.7 Å². The van der Waals surface area contributed by atoms with Crippen molar-refractivity contribution in [2.24, 2.45) is 0 Å². The van der Waals surface area contributed by atoms with Crippen LogP contribution in [0.4, 0.5) is 5.82 Å². The Balaban J connectivity index is 2.38. The highest BCUT2D eigenvalue weighted by atomic mass is 79.9. The Labute approximate surface area is 108 Å². The highest BCUT2D eigenvalue weighted by Gasteiger charge is 2.26. The van der Waals surface area contributed by atoms with Gasteiger partial charge >= 0.3 is 0 Å². The number of carbonyl (C=O) groups is 2. The molecule has 1 aliphatic heterocycles. The molecule has 2 heterocycles. The Morgan fingerprint density at radius 2 is 1.82 bits per heavy atom. The number of anilines is 1. The molecule has 1 fully saturated rings. The van der Waals surface area contributed by atoms with Crippen molar-refractivity contribution in [3.8, 4) is 0 Å². The zero-order valence-electron chi connectivity index (χ0n) is 9.57. The molecular formula is C12H13BrN2O2. The molecule has 0 aromatic carbocycles. The molecule has 4 nitrogen and oxygen atoms in total. The van der Waals surface area contributed by atoms with Crippen molar-refractivity contribution in [3.05, 3.63) is 22.3 Å². The van der Waals surface area contributed by atoms with Gasteiger partial charge in [-0.3, -0.25) is 9.59 Å². The van der Waals surface area contributed by atoms with E-state index in [1.807, 2.05) is 6.92 Å². The number of halogens is 1. The summed E-state index contributed by atoms with van der Waals surface area (Å²) in [6, 6.07) is 1.76. The van der Waals surface area contributed by atoms with Gasteiger partial charge in [0.2, 0.25) is 11.8 Å². The number of aromatic nitrogens is 1. The van der Waals surface area contributed by atoms with Crippen molar-refractivity contribution in [1.29, 1.82) is 0 Å². The Morgan fingerprint density at radius 1 is 1.24 bits per heavy atom. The van der Waals surface area contributed by atoms with Crippen molar-refractivity contribution in [2.45, 2.75) is 32.6 Å². The largest absolute Gasteiger partial charge is 0.274 e. The van der Waals surface area contributed by atoms with E-state index in [1.54, 1.807) is 12.3 Å². The Hall–Kier alpha value is -1.23. The maximum absolute atomic E-state index is 11.9. The first-order valence-corrected chi connectivity index (χ1v) is 6.37. The average Bonchev–Trinajstić information content (AvgIpc) is 2.45. The molecule has 2 rings (SSSR count). The fourth-order valence-corrected chi connectivity index (χ4v) is 2.03. The quantitative estimate of drug-likeness (QED) is 0.749. The molecule has 90 valence electrons. The second kappa shape index (κ2) is 4.96. The average molecular weight is 297 g/mol. The summed E-state index contributed by atoms with van der Waals surface area (Å²) < 4.78 is 0.871. The van der Waals surface area contributed by atoms with E-state index in [2.05, 4.69) is 20.9 Å². The highest BCUT2D eigenvalue weighted by Crippen LogP contribution is 2.23. The van der Waals surface area contributed by atoms with Crippen LogP contribution in [-0.2, 0) is 9.59 Å². The molecule has 1 saturated heterocycles. The standard InChI is InChI=1S/C12H13BrN2O2/c1-8-6-10(14-7-9(8)13)15-11(16)4-2-3-5-12(15)17/h6-7H,2-5H2,1H3. The third-order valence-electron chi connectivity index (χ3n) is 2.79. The van der Waals surface area contributed by atoms with Gasteiger partial charge in [0.05, 0.1) is 0 Å². The van der Waals surface area contributed by atoms with Gasteiger partial charge in [0, 0.05) is 23.5 Å². The van der Waals surface area contributed by atoms with Crippen molar-refractivity contribution in [2.75, 3.05) is 4.90 Å². The fraction of sp³-hybridized carbons (Fsp3) is 0.417. The predicted molar refractivity (Wildman–Crippen MR) is 67.6 cm³/mol. The van der Waals surface area contributed by atoms with Crippen LogP contribution in [0.1, 0.15) is 31.2 Å². The Morgan fingerprint density at radius 3 is 2.35 bits per heavy atom. The van der Waals surface area contributed by atoms with Gasteiger partial charge in [-0.05, 0) is 47.3 Å². The summed E-state index contributed by atoms with van der Waals surface area (Å²) in [6.07, 6.45) is 4.01. The number of nitrogens with zero attached hydrogens (tertiary/aromatic N) is 2. The lowest BCUT2D eigenvalue weighted by Crippen LogP contribution is -2.35. The summed E-state index contributed by atoms with van der Waals surface area (Å²) in [7, 11) is 0. The molecule has 17 heavy (non-hydrogen) atoms. The van der Waals surface area contributed by atoms with Crippen LogP contribution in [0, 0.1) is 6.92 Å². The van der Waals surface area contributed by atoms with E-state index >= 15 is 0 Å². The van der Waals surface area contributed by atoms with Gasteiger partial charge in [0.1, 0.15) is 5.82 Å². The van der Waals surface area contributed by atoms with Gasteiger partial charge < -0.3 is 0 Å². The second-order valence-electron chi connectivity index (χ2n) is 4.12. The van der Waals surface area contributed by atoms with Gasteiger partial charge in [-0.2, -0.15) is 0 Å². The van der Waals surface area contributed by atoms with Crippen LogP contribution in [0.5, 0.6) is 0 Å². The number of aryl methyl sites for hydroxylation is 1. The minimum absolute atomic E-state index is 0.151. The summed E-state index contributed by atoms with van der Waals surface area (Å²) in [5, 5.41) is 0. The third kappa shape index (κ3) is 2.54. The summed E-state index contributed by atoms with van der Waals surface area (Å²) in [6.45, 7) is 1.90. The van der Waals surface area contributed by atoms with E-state index in [-0.39, 0.29) is 11.8 Å². The maximum Gasteiger partial charge on any atom is 0.234 e. The molecule has 1 aliphatic rings. The highest BCUT2D eigenvalue weighted by molar-refractivity contribution is 9.10. The molecule has 0 unspecified atom stereocenters. The van der Waals surface area contributed by atoms with Gasteiger partial charge in [0.25, 0.3) is 0 Å². The molecule has 0 saturated carbocycles. The molecule has 5 heteroatoms. The van der Waals surface area contributed by atoms with E-state index in [9.17, 15) is 9.59 Å². The summed E-state index contributed by atoms with van der Waals surface area (Å²) in [5.41, 5.74) is 0.958. The first-order chi connectivity index (χ1) is 8.09. The van der Waals surface area contributed by atoms with Gasteiger partial charge in [-0.25, -0.2) is 9.88 Å². The van der Waals surface area contributed by atoms with Crippen molar-refractivity contribution in [1.82, 2.24) is 4.98 Å². The number of pyridine rings is 1. The molecule has 0 aliphatic carbocycles. The normalized spacial score (nSPS) is 17.2. The SMILES string of the molecule is Cc1cc(N2C(=O)CCCCC2=O)ncc1Br. The summed E-state index contributed by atoms with van der Waals surface area (Å²) >= 11 is 3.35. The Bertz CT molecular complexity index is 456. The molecule has 1 aromatic heterocycles. The van der Waals surface area contributed by atoms with E-state index in [1.165, 1.54) is 4.90 Å². The van der Waals surface area contributed by atoms with Crippen LogP contribution < -0.4 is 4.90 Å². The Kier molecular flexibility index (Phi) is 3.57. The molecule has 0 spiro atoms. The minimum atomic E-state index is -0.151. The summed E-state index contributed by atoms with van der Waals surface area (Å²) in [5.74, 6) is 0.131. The van der Waals surface area contributed by atoms with Gasteiger partial charge in [-0.1, -0.05) is 0 Å². The minimum Gasteiger partial charge on any atom is -0.274 e. The monoisotopic (exact) mass is 296 g/mol. The topological polar surface area (TPSA) is 50.3 Å². The lowest BCUT2D eigenvalue weighted by atomic mass is 10.2. The number of hydrogen-bond acceptors (Lipinski definition) is 3. The lowest BCUT2D eigenvalue weighted by molar-refractivity contribution is -0.125. The zero-order valence-corrected chi connectivity index (χ0v) is 11.2. The molecule has 0 atom stereocenters. The van der Waals surface area contributed by atoms with Gasteiger partial charge in [-0.15, -0.1) is 0 Å². The molecule has 0 radical (unpaired) electrons. The number of carbonyl (C=O) groups excluding carboxylic acids is 2. The molecular weight excluding hydrogens is 284 g/mol. The molecule has 2 amide bonds. The predicted octanol–water partition coefficient (Wildman–Crippen LogP) is 2.59. The first-order valence-electron chi connectivity index (χ1n) is 5.57. The number of hydrogen-bond donors (Lipinski definition) is 0. The van der Waals surface area contributed by atoms with Crippen LogP contribution in [0.2, 0.25) is 0 Å². The number of amides is 2. The smallest absolute Gasteiger partial charge is 0.234 e. The summed E-state index contributed by atoms with van der Waals surface area (Å²) in [4.78, 5) is 29.1. The molecule has 0 bridgehead atoms. The number of rotatable bonds is 1. The van der Waals surface area contributed by atoms with E-state index in [4.69, 9.17) is 0 Å². The van der Waals surface area contributed by atoms with Crippen LogP contribution >= 0.6 is 15.9 Å². The van der Waals surface area contributed by atoms with E-state index in [0.29, 0.717) is 18.7 Å². The fourth-order valence-electron chi connectivity index (χ4n) is 1.82. The molecule has 1 aromatic rings. The first kappa shape index (κ1) is 12.2. The van der Waals surface area contributed by atoms with E-state index < -0.39 is 0 Å². The van der Waals surface area contributed by atoms with Crippen LogP contribution in [0.3, 0.4) is 0 Å². The van der Waals surface area contributed by atoms with Crippen molar-refractivity contribution in [3.63, 3.8) is 0 Å². The van der Waals surface area contributed by atoms with E-state index in [0.717, 1.165) is 22.9 Å². The van der Waals surface area contributed by atoms with Crippen LogP contribution in [0.25, 0.3) is 0 Å². The maximum atomic E-state index is 11.9. The second-order valence-corrected chi connectivity index (χ2v) is 4.98. The van der Waals surface area contributed by atoms with Crippen LogP contribution in [-0.4, -0.2) is 16.8 Å². The zero-order chi connectivity index (χ0) is 12.4. The van der Waals surface area contributed by atoms with Crippen molar-refractivity contribution >= 4 is 33.6 Å². The number of imide groups is 1.